The highest BCUT2D eigenvalue weighted by Gasteiger charge is 2.24. The standard InChI is InChI=1S/C14H25N3/c1-7-14(4,5)17(6)13-8-10(2)16-11(3)12(13)9-15/h8H,7,9,15H2,1-6H3. The minimum absolute atomic E-state index is 0.129. The minimum atomic E-state index is 0.129. The first-order valence-electron chi connectivity index (χ1n) is 6.24. The molecule has 0 radical (unpaired) electrons. The Hall–Kier alpha value is -1.09. The Bertz CT molecular complexity index is 397. The van der Waals surface area contributed by atoms with Gasteiger partial charge in [0.1, 0.15) is 0 Å². The van der Waals surface area contributed by atoms with E-state index in [0.717, 1.165) is 23.4 Å². The molecular weight excluding hydrogens is 210 g/mol. The molecule has 3 heteroatoms. The maximum Gasteiger partial charge on any atom is 0.0450 e. The number of anilines is 1. The summed E-state index contributed by atoms with van der Waals surface area (Å²) >= 11 is 0. The van der Waals surface area contributed by atoms with E-state index >= 15 is 0 Å². The fraction of sp³-hybridized carbons (Fsp3) is 0.643. The highest BCUT2D eigenvalue weighted by Crippen LogP contribution is 2.29. The number of hydrogen-bond acceptors (Lipinski definition) is 3. The van der Waals surface area contributed by atoms with Gasteiger partial charge in [-0.05, 0) is 40.2 Å². The summed E-state index contributed by atoms with van der Waals surface area (Å²) in [5.74, 6) is 0. The van der Waals surface area contributed by atoms with Crippen LogP contribution in [0.25, 0.3) is 0 Å². The van der Waals surface area contributed by atoms with Crippen LogP contribution in [-0.4, -0.2) is 17.6 Å². The normalized spacial score (nSPS) is 11.7. The van der Waals surface area contributed by atoms with Gasteiger partial charge in [0.15, 0.2) is 0 Å². The van der Waals surface area contributed by atoms with Gasteiger partial charge >= 0.3 is 0 Å². The summed E-state index contributed by atoms with van der Waals surface area (Å²) in [6, 6.07) is 2.13. The quantitative estimate of drug-likeness (QED) is 0.872. The molecule has 0 atom stereocenters. The predicted octanol–water partition coefficient (Wildman–Crippen LogP) is 2.78. The molecule has 0 saturated carbocycles. The number of nitrogens with zero attached hydrogens (tertiary/aromatic N) is 2. The number of aryl methyl sites for hydroxylation is 2. The first-order chi connectivity index (χ1) is 7.83. The van der Waals surface area contributed by atoms with Crippen LogP contribution in [0.1, 0.15) is 44.1 Å². The van der Waals surface area contributed by atoms with Crippen molar-refractivity contribution in [2.75, 3.05) is 11.9 Å². The monoisotopic (exact) mass is 235 g/mol. The third kappa shape index (κ3) is 2.78. The molecule has 0 aliphatic rings. The van der Waals surface area contributed by atoms with Crippen molar-refractivity contribution >= 4 is 5.69 Å². The Morgan fingerprint density at radius 1 is 1.35 bits per heavy atom. The Kier molecular flexibility index (Phi) is 4.15. The lowest BCUT2D eigenvalue weighted by molar-refractivity contribution is 0.469. The van der Waals surface area contributed by atoms with Crippen LogP contribution >= 0.6 is 0 Å². The molecule has 3 nitrogen and oxygen atoms in total. The summed E-state index contributed by atoms with van der Waals surface area (Å²) in [6.45, 7) is 11.3. The molecule has 2 N–H and O–H groups in total. The van der Waals surface area contributed by atoms with E-state index < -0.39 is 0 Å². The molecule has 1 aromatic heterocycles. The van der Waals surface area contributed by atoms with Gasteiger partial charge in [-0.2, -0.15) is 0 Å². The average molecular weight is 235 g/mol. The van der Waals surface area contributed by atoms with Gasteiger partial charge in [0.25, 0.3) is 0 Å². The van der Waals surface area contributed by atoms with Gasteiger partial charge in [0.2, 0.25) is 0 Å². The SMILES string of the molecule is CCC(C)(C)N(C)c1cc(C)nc(C)c1CN. The van der Waals surface area contributed by atoms with Crippen LogP contribution in [0.5, 0.6) is 0 Å². The van der Waals surface area contributed by atoms with Crippen molar-refractivity contribution in [1.82, 2.24) is 4.98 Å². The Balaban J connectivity index is 3.30. The van der Waals surface area contributed by atoms with Crippen molar-refractivity contribution in [1.29, 1.82) is 0 Å². The van der Waals surface area contributed by atoms with E-state index in [4.69, 9.17) is 5.73 Å². The van der Waals surface area contributed by atoms with E-state index in [9.17, 15) is 0 Å². The maximum atomic E-state index is 5.86. The van der Waals surface area contributed by atoms with E-state index in [1.807, 2.05) is 13.8 Å². The van der Waals surface area contributed by atoms with Crippen LogP contribution in [0.4, 0.5) is 5.69 Å². The van der Waals surface area contributed by atoms with Crippen LogP contribution < -0.4 is 10.6 Å². The zero-order chi connectivity index (χ0) is 13.2. The van der Waals surface area contributed by atoms with Gasteiger partial charge in [0, 0.05) is 41.8 Å². The van der Waals surface area contributed by atoms with E-state index in [1.54, 1.807) is 0 Å². The third-order valence-corrected chi connectivity index (χ3v) is 3.77. The molecule has 1 aromatic rings. The average Bonchev–Trinajstić information content (AvgIpc) is 2.27. The van der Waals surface area contributed by atoms with Gasteiger partial charge < -0.3 is 10.6 Å². The predicted molar refractivity (Wildman–Crippen MR) is 74.4 cm³/mol. The van der Waals surface area contributed by atoms with Crippen molar-refractivity contribution in [3.05, 3.63) is 23.0 Å². The van der Waals surface area contributed by atoms with E-state index in [1.165, 1.54) is 5.69 Å². The zero-order valence-electron chi connectivity index (χ0n) is 12.0. The van der Waals surface area contributed by atoms with Crippen LogP contribution in [-0.2, 0) is 6.54 Å². The summed E-state index contributed by atoms with van der Waals surface area (Å²) in [5, 5.41) is 0. The molecule has 0 amide bonds. The van der Waals surface area contributed by atoms with E-state index in [2.05, 4.69) is 43.8 Å². The van der Waals surface area contributed by atoms with Crippen molar-refractivity contribution in [2.45, 2.75) is 53.1 Å². The molecule has 0 spiro atoms. The van der Waals surface area contributed by atoms with Crippen LogP contribution in [0.15, 0.2) is 6.07 Å². The number of nitrogens with two attached hydrogens (primary N) is 1. The Labute approximate surface area is 105 Å². The van der Waals surface area contributed by atoms with Crippen molar-refractivity contribution in [2.24, 2.45) is 5.73 Å². The summed E-state index contributed by atoms with van der Waals surface area (Å²) in [5.41, 5.74) is 10.4. The highest BCUT2D eigenvalue weighted by molar-refractivity contribution is 5.57. The van der Waals surface area contributed by atoms with Crippen molar-refractivity contribution in [3.8, 4) is 0 Å². The molecule has 17 heavy (non-hydrogen) atoms. The molecule has 0 aliphatic heterocycles. The van der Waals surface area contributed by atoms with Crippen molar-refractivity contribution < 1.29 is 0 Å². The molecule has 0 unspecified atom stereocenters. The largest absolute Gasteiger partial charge is 0.369 e. The summed E-state index contributed by atoms with van der Waals surface area (Å²) in [6.07, 6.45) is 1.09. The number of pyridine rings is 1. The Morgan fingerprint density at radius 3 is 2.41 bits per heavy atom. The van der Waals surface area contributed by atoms with E-state index in [-0.39, 0.29) is 5.54 Å². The smallest absolute Gasteiger partial charge is 0.0450 e. The van der Waals surface area contributed by atoms with Gasteiger partial charge in [-0.3, -0.25) is 4.98 Å². The second kappa shape index (κ2) is 5.05. The third-order valence-electron chi connectivity index (χ3n) is 3.77. The van der Waals surface area contributed by atoms with Gasteiger partial charge in [-0.25, -0.2) is 0 Å². The Morgan fingerprint density at radius 2 is 1.94 bits per heavy atom. The fourth-order valence-electron chi connectivity index (χ4n) is 1.95. The van der Waals surface area contributed by atoms with Crippen LogP contribution in [0.2, 0.25) is 0 Å². The highest BCUT2D eigenvalue weighted by atomic mass is 15.2. The molecule has 0 saturated heterocycles. The molecular formula is C14H25N3. The molecule has 0 bridgehead atoms. The van der Waals surface area contributed by atoms with Gasteiger partial charge in [-0.1, -0.05) is 6.92 Å². The fourth-order valence-corrected chi connectivity index (χ4v) is 1.95. The lowest BCUT2D eigenvalue weighted by Gasteiger charge is -2.38. The van der Waals surface area contributed by atoms with E-state index in [0.29, 0.717) is 6.54 Å². The molecule has 1 rings (SSSR count). The molecule has 0 aromatic carbocycles. The first kappa shape index (κ1) is 14.0. The van der Waals surface area contributed by atoms with Crippen molar-refractivity contribution in [3.63, 3.8) is 0 Å². The summed E-state index contributed by atoms with van der Waals surface area (Å²) in [4.78, 5) is 6.81. The van der Waals surface area contributed by atoms with Gasteiger partial charge in [0.05, 0.1) is 0 Å². The molecule has 0 fully saturated rings. The number of rotatable bonds is 4. The number of aromatic nitrogens is 1. The maximum absolute atomic E-state index is 5.86. The topological polar surface area (TPSA) is 42.2 Å². The molecule has 0 aliphatic carbocycles. The molecule has 96 valence electrons. The zero-order valence-corrected chi connectivity index (χ0v) is 12.0. The minimum Gasteiger partial charge on any atom is -0.369 e. The second-order valence-corrected chi connectivity index (χ2v) is 5.28. The van der Waals surface area contributed by atoms with Crippen LogP contribution in [0, 0.1) is 13.8 Å². The summed E-state index contributed by atoms with van der Waals surface area (Å²) in [7, 11) is 2.14. The summed E-state index contributed by atoms with van der Waals surface area (Å²) < 4.78 is 0. The van der Waals surface area contributed by atoms with Gasteiger partial charge in [-0.15, -0.1) is 0 Å². The van der Waals surface area contributed by atoms with Crippen LogP contribution in [0.3, 0.4) is 0 Å². The second-order valence-electron chi connectivity index (χ2n) is 5.28. The number of hydrogen-bond donors (Lipinski definition) is 1. The lowest BCUT2D eigenvalue weighted by Crippen LogP contribution is -2.41. The lowest BCUT2D eigenvalue weighted by atomic mass is 9.97. The first-order valence-corrected chi connectivity index (χ1v) is 6.24. The molecule has 1 heterocycles.